The van der Waals surface area contributed by atoms with Crippen LogP contribution in [0.25, 0.3) is 0 Å². The molecule has 100 valence electrons. The van der Waals surface area contributed by atoms with Crippen molar-refractivity contribution in [3.63, 3.8) is 0 Å². The fourth-order valence-electron chi connectivity index (χ4n) is 2.14. The maximum absolute atomic E-state index is 10.9. The van der Waals surface area contributed by atoms with Gasteiger partial charge in [0.05, 0.1) is 0 Å². The van der Waals surface area contributed by atoms with Crippen molar-refractivity contribution < 1.29 is 10.1 Å². The van der Waals surface area contributed by atoms with Crippen molar-refractivity contribution in [3.05, 3.63) is 35.4 Å². The van der Waals surface area contributed by atoms with E-state index in [1.807, 2.05) is 5.32 Å². The fraction of sp³-hybridized carbons (Fsp3) is 0.533. The van der Waals surface area contributed by atoms with Crippen molar-refractivity contribution >= 4 is 5.91 Å². The van der Waals surface area contributed by atoms with Crippen molar-refractivity contribution in [1.29, 1.82) is 0 Å². The molecule has 0 aliphatic rings. The molecule has 1 rings (SSSR count). The van der Waals surface area contributed by atoms with Crippen LogP contribution in [0.1, 0.15) is 50.8 Å². The molecule has 0 bridgehead atoms. The first kappa shape index (κ1) is 14.7. The van der Waals surface area contributed by atoms with Gasteiger partial charge in [-0.05, 0) is 11.5 Å². The monoisotopic (exact) mass is 249 g/mol. The first-order valence-corrected chi connectivity index (χ1v) is 6.63. The van der Waals surface area contributed by atoms with Gasteiger partial charge in [0.15, 0.2) is 6.54 Å². The normalized spacial score (nSPS) is 13.0. The molecule has 0 aromatic heterocycles. The molecule has 0 saturated heterocycles. The fourth-order valence-corrected chi connectivity index (χ4v) is 2.14. The van der Waals surface area contributed by atoms with Gasteiger partial charge in [0, 0.05) is 11.5 Å². The van der Waals surface area contributed by atoms with Crippen LogP contribution in [0.15, 0.2) is 24.3 Å². The van der Waals surface area contributed by atoms with Crippen molar-refractivity contribution in [2.24, 2.45) is 11.7 Å². The van der Waals surface area contributed by atoms with Gasteiger partial charge in [0.1, 0.15) is 6.04 Å². The number of nitrogens with two attached hydrogens (primary N) is 2. The van der Waals surface area contributed by atoms with Gasteiger partial charge in [-0.2, -0.15) is 0 Å². The lowest BCUT2D eigenvalue weighted by atomic mass is 9.93. The zero-order valence-corrected chi connectivity index (χ0v) is 11.8. The largest absolute Gasteiger partial charge is 0.365 e. The van der Waals surface area contributed by atoms with E-state index in [0.717, 1.165) is 0 Å². The maximum atomic E-state index is 10.9. The summed E-state index contributed by atoms with van der Waals surface area (Å²) < 4.78 is 0. The van der Waals surface area contributed by atoms with Crippen LogP contribution >= 0.6 is 0 Å². The van der Waals surface area contributed by atoms with Crippen molar-refractivity contribution in [3.8, 4) is 0 Å². The first-order chi connectivity index (χ1) is 8.41. The second-order valence-corrected chi connectivity index (χ2v) is 5.50. The molecular formula is C15H25N2O+. The summed E-state index contributed by atoms with van der Waals surface area (Å²) in [6.07, 6.45) is 0. The quantitative estimate of drug-likeness (QED) is 0.789. The third-order valence-electron chi connectivity index (χ3n) is 3.28. The van der Waals surface area contributed by atoms with Gasteiger partial charge in [-0.15, -0.1) is 0 Å². The minimum atomic E-state index is -0.264. The maximum Gasteiger partial charge on any atom is 0.272 e. The van der Waals surface area contributed by atoms with Crippen molar-refractivity contribution in [2.45, 2.75) is 39.7 Å². The Balaban J connectivity index is 2.82. The lowest BCUT2D eigenvalue weighted by Crippen LogP contribution is -2.88. The zero-order chi connectivity index (χ0) is 13.7. The van der Waals surface area contributed by atoms with Crippen LogP contribution in [0.4, 0.5) is 0 Å². The Kier molecular flexibility index (Phi) is 5.35. The number of amides is 1. The molecular weight excluding hydrogens is 224 g/mol. The molecule has 0 aliphatic carbocycles. The molecule has 3 nitrogen and oxygen atoms in total. The number of benzene rings is 1. The van der Waals surface area contributed by atoms with Crippen LogP contribution in [0.5, 0.6) is 0 Å². The van der Waals surface area contributed by atoms with E-state index in [4.69, 9.17) is 5.73 Å². The lowest BCUT2D eigenvalue weighted by Gasteiger charge is -2.19. The molecule has 18 heavy (non-hydrogen) atoms. The van der Waals surface area contributed by atoms with Crippen molar-refractivity contribution in [2.75, 3.05) is 6.54 Å². The highest BCUT2D eigenvalue weighted by Crippen LogP contribution is 2.21. The van der Waals surface area contributed by atoms with Crippen LogP contribution in [-0.4, -0.2) is 12.5 Å². The van der Waals surface area contributed by atoms with Gasteiger partial charge >= 0.3 is 0 Å². The summed E-state index contributed by atoms with van der Waals surface area (Å²) in [6, 6.07) is 8.97. The van der Waals surface area contributed by atoms with Crippen LogP contribution < -0.4 is 11.1 Å². The Morgan fingerprint density at radius 3 is 2.00 bits per heavy atom. The summed E-state index contributed by atoms with van der Waals surface area (Å²) in [5, 5.41) is 2.03. The SMILES string of the molecule is CC(C)c1ccc([C@H]([NH2+]CC(N)=O)C(C)C)cc1. The Morgan fingerprint density at radius 2 is 1.61 bits per heavy atom. The standard InChI is InChI=1S/C15H24N2O/c1-10(2)12-5-7-13(8-6-12)15(11(3)4)17-9-14(16)18/h5-8,10-11,15,17H,9H2,1-4H3,(H2,16,18)/p+1/t15-/m1/s1. The third kappa shape index (κ3) is 4.15. The van der Waals surface area contributed by atoms with Gasteiger partial charge in [0.2, 0.25) is 0 Å². The molecule has 0 saturated carbocycles. The molecule has 3 heteroatoms. The number of hydrogen-bond donors (Lipinski definition) is 2. The van der Waals surface area contributed by atoms with E-state index in [-0.39, 0.29) is 5.91 Å². The average Bonchev–Trinajstić information content (AvgIpc) is 2.29. The Bertz CT molecular complexity index is 382. The van der Waals surface area contributed by atoms with E-state index in [0.29, 0.717) is 24.4 Å². The predicted molar refractivity (Wildman–Crippen MR) is 74.1 cm³/mol. The zero-order valence-electron chi connectivity index (χ0n) is 11.8. The Labute approximate surface area is 110 Å². The smallest absolute Gasteiger partial charge is 0.272 e. The molecule has 0 unspecified atom stereocenters. The van der Waals surface area contributed by atoms with Crippen LogP contribution in [0, 0.1) is 5.92 Å². The summed E-state index contributed by atoms with van der Waals surface area (Å²) >= 11 is 0. The van der Waals surface area contributed by atoms with Crippen LogP contribution in [0.3, 0.4) is 0 Å². The highest BCUT2D eigenvalue weighted by molar-refractivity contribution is 5.74. The van der Waals surface area contributed by atoms with E-state index < -0.39 is 0 Å². The molecule has 1 aromatic carbocycles. The van der Waals surface area contributed by atoms with Gasteiger partial charge < -0.3 is 11.1 Å². The van der Waals surface area contributed by atoms with Crippen LogP contribution in [-0.2, 0) is 4.79 Å². The molecule has 4 N–H and O–H groups in total. The summed E-state index contributed by atoms with van der Waals surface area (Å²) in [4.78, 5) is 10.9. The van der Waals surface area contributed by atoms with E-state index in [1.54, 1.807) is 0 Å². The topological polar surface area (TPSA) is 59.7 Å². The van der Waals surface area contributed by atoms with E-state index in [2.05, 4.69) is 52.0 Å². The minimum absolute atomic E-state index is 0.264. The highest BCUT2D eigenvalue weighted by atomic mass is 16.1. The second kappa shape index (κ2) is 6.55. The van der Waals surface area contributed by atoms with Crippen LogP contribution in [0.2, 0.25) is 0 Å². The number of carbonyl (C=O) groups is 1. The summed E-state index contributed by atoms with van der Waals surface area (Å²) in [5.74, 6) is 0.750. The molecule has 1 amide bonds. The summed E-state index contributed by atoms with van der Waals surface area (Å²) in [5.41, 5.74) is 7.82. The van der Waals surface area contributed by atoms with Gasteiger partial charge in [-0.25, -0.2) is 0 Å². The van der Waals surface area contributed by atoms with E-state index >= 15 is 0 Å². The third-order valence-corrected chi connectivity index (χ3v) is 3.28. The summed E-state index contributed by atoms with van der Waals surface area (Å²) in [6.45, 7) is 9.05. The lowest BCUT2D eigenvalue weighted by molar-refractivity contribution is -0.692. The minimum Gasteiger partial charge on any atom is -0.365 e. The van der Waals surface area contributed by atoms with Gasteiger partial charge in [-0.3, -0.25) is 4.79 Å². The second-order valence-electron chi connectivity index (χ2n) is 5.50. The van der Waals surface area contributed by atoms with Crippen molar-refractivity contribution in [1.82, 2.24) is 0 Å². The average molecular weight is 249 g/mol. The number of carbonyl (C=O) groups excluding carboxylic acids is 1. The number of hydrogen-bond acceptors (Lipinski definition) is 1. The Hall–Kier alpha value is -1.35. The number of quaternary nitrogens is 1. The molecule has 0 aliphatic heterocycles. The predicted octanol–water partition coefficient (Wildman–Crippen LogP) is 1.56. The molecule has 0 spiro atoms. The Morgan fingerprint density at radius 1 is 1.11 bits per heavy atom. The summed E-state index contributed by atoms with van der Waals surface area (Å²) in [7, 11) is 0. The molecule has 1 atom stereocenters. The van der Waals surface area contributed by atoms with E-state index in [1.165, 1.54) is 11.1 Å². The molecule has 0 radical (unpaired) electrons. The molecule has 0 fully saturated rings. The molecule has 0 heterocycles. The molecule has 1 aromatic rings. The number of rotatable bonds is 6. The van der Waals surface area contributed by atoms with Gasteiger partial charge in [-0.1, -0.05) is 52.0 Å². The number of primary amides is 1. The highest BCUT2D eigenvalue weighted by Gasteiger charge is 2.19. The first-order valence-electron chi connectivity index (χ1n) is 6.63. The van der Waals surface area contributed by atoms with Gasteiger partial charge in [0.25, 0.3) is 5.91 Å². The van der Waals surface area contributed by atoms with E-state index in [9.17, 15) is 4.79 Å².